The molecule has 0 bridgehead atoms. The van der Waals surface area contributed by atoms with Crippen molar-refractivity contribution in [3.05, 3.63) is 66.2 Å². The second-order valence-corrected chi connectivity index (χ2v) is 11.9. The summed E-state index contributed by atoms with van der Waals surface area (Å²) in [5.74, 6) is 1.29. The summed E-state index contributed by atoms with van der Waals surface area (Å²) in [7, 11) is -1.69. The second kappa shape index (κ2) is 13.8. The summed E-state index contributed by atoms with van der Waals surface area (Å²) in [6.07, 6.45) is 10.5. The number of rotatable bonds is 15. The van der Waals surface area contributed by atoms with Gasteiger partial charge in [0.15, 0.2) is 5.90 Å². The maximum Gasteiger partial charge on any atom is 0.242 e. The highest BCUT2D eigenvalue weighted by Gasteiger charge is 2.31. The molecule has 0 unspecified atom stereocenters. The molecule has 0 amide bonds. The van der Waals surface area contributed by atoms with Gasteiger partial charge in [-0.3, -0.25) is 0 Å². The van der Waals surface area contributed by atoms with Gasteiger partial charge in [-0.05, 0) is 37.5 Å². The molecule has 0 fully saturated rings. The van der Waals surface area contributed by atoms with Gasteiger partial charge in [-0.25, -0.2) is 17.7 Å². The summed E-state index contributed by atoms with van der Waals surface area (Å²) >= 11 is 0. The van der Waals surface area contributed by atoms with Crippen LogP contribution in [0.1, 0.15) is 83.3 Å². The summed E-state index contributed by atoms with van der Waals surface area (Å²) < 4.78 is 32.8. The molecule has 5 nitrogen and oxygen atoms in total. The maximum absolute atomic E-state index is 12.5. The van der Waals surface area contributed by atoms with E-state index in [-0.39, 0.29) is 12.1 Å². The zero-order chi connectivity index (χ0) is 25.1. The van der Waals surface area contributed by atoms with E-state index in [0.717, 1.165) is 25.2 Å². The molecule has 3 rings (SSSR count). The molecule has 1 heterocycles. The van der Waals surface area contributed by atoms with Crippen molar-refractivity contribution >= 4 is 15.9 Å². The molecule has 6 heteroatoms. The minimum atomic E-state index is -3.36. The molecule has 1 aliphatic heterocycles. The van der Waals surface area contributed by atoms with Gasteiger partial charge in [0.25, 0.3) is 0 Å². The van der Waals surface area contributed by atoms with Gasteiger partial charge in [0.1, 0.15) is 6.10 Å². The van der Waals surface area contributed by atoms with Gasteiger partial charge < -0.3 is 4.74 Å². The molecular formula is C29H42N2O3S. The van der Waals surface area contributed by atoms with Crippen molar-refractivity contribution < 1.29 is 13.2 Å². The van der Waals surface area contributed by atoms with Gasteiger partial charge in [-0.1, -0.05) is 100 Å². The lowest BCUT2D eigenvalue weighted by atomic mass is 10.0. The minimum Gasteiger partial charge on any atom is -0.470 e. The number of hydrogen-bond donors (Lipinski definition) is 0. The van der Waals surface area contributed by atoms with E-state index in [1.807, 2.05) is 12.1 Å². The standard InChI is InChI=1S/C29H42N2O3S/c1-24(29-30-25(2)28(34-29)26-19-13-10-14-20-26)18-12-8-6-4-5-7-9-17-23-31(3)35(32,33)27-21-15-11-16-22-27/h10-11,13-16,19-22,24-25,28H,4-9,12,17-18,23H2,1-3H3/t24-,25+,28+/m1/s1. The van der Waals surface area contributed by atoms with E-state index in [1.54, 1.807) is 31.3 Å². The van der Waals surface area contributed by atoms with Gasteiger partial charge in [-0.15, -0.1) is 0 Å². The SMILES string of the molecule is C[C@H](CCCCCCCCCCN(C)S(=O)(=O)c1ccccc1)C1=N[C@@H](C)[C@@H](c2ccccc2)O1. The first kappa shape index (κ1) is 27.4. The fourth-order valence-electron chi connectivity index (χ4n) is 4.62. The van der Waals surface area contributed by atoms with Crippen molar-refractivity contribution in [1.29, 1.82) is 0 Å². The van der Waals surface area contributed by atoms with E-state index in [9.17, 15) is 8.42 Å². The highest BCUT2D eigenvalue weighted by Crippen LogP contribution is 2.31. The van der Waals surface area contributed by atoms with E-state index in [1.165, 1.54) is 48.4 Å². The molecule has 0 aromatic heterocycles. The van der Waals surface area contributed by atoms with Gasteiger partial charge in [0, 0.05) is 19.5 Å². The first-order valence-corrected chi connectivity index (χ1v) is 14.6. The molecule has 0 saturated heterocycles. The molecule has 2 aromatic carbocycles. The number of hydrogen-bond acceptors (Lipinski definition) is 4. The van der Waals surface area contributed by atoms with Gasteiger partial charge in [0.05, 0.1) is 10.9 Å². The molecule has 0 N–H and O–H groups in total. The Balaban J connectivity index is 1.21. The van der Waals surface area contributed by atoms with Crippen LogP contribution in [0, 0.1) is 5.92 Å². The Morgan fingerprint density at radius 1 is 0.857 bits per heavy atom. The Bertz CT molecular complexity index is 1010. The van der Waals surface area contributed by atoms with Crippen LogP contribution < -0.4 is 0 Å². The molecule has 192 valence electrons. The molecule has 0 spiro atoms. The van der Waals surface area contributed by atoms with Crippen LogP contribution in [0.3, 0.4) is 0 Å². The molecule has 3 atom stereocenters. The number of nitrogens with zero attached hydrogens (tertiary/aromatic N) is 2. The van der Waals surface area contributed by atoms with Gasteiger partial charge in [-0.2, -0.15) is 0 Å². The zero-order valence-electron chi connectivity index (χ0n) is 21.6. The summed E-state index contributed by atoms with van der Waals surface area (Å²) in [6, 6.07) is 19.2. The van der Waals surface area contributed by atoms with Crippen molar-refractivity contribution in [1.82, 2.24) is 4.31 Å². The first-order chi connectivity index (χ1) is 16.9. The molecule has 2 aromatic rings. The van der Waals surface area contributed by atoms with E-state index in [2.05, 4.69) is 38.1 Å². The van der Waals surface area contributed by atoms with Crippen LogP contribution in [0.15, 0.2) is 70.6 Å². The monoisotopic (exact) mass is 498 g/mol. The van der Waals surface area contributed by atoms with Gasteiger partial charge >= 0.3 is 0 Å². The number of aliphatic imine (C=N–C) groups is 1. The Kier molecular flexibility index (Phi) is 10.8. The summed E-state index contributed by atoms with van der Waals surface area (Å²) in [5.41, 5.74) is 1.20. The highest BCUT2D eigenvalue weighted by atomic mass is 32.2. The first-order valence-electron chi connectivity index (χ1n) is 13.2. The summed E-state index contributed by atoms with van der Waals surface area (Å²) in [5, 5.41) is 0. The fourth-order valence-corrected chi connectivity index (χ4v) is 5.85. The van der Waals surface area contributed by atoms with Crippen molar-refractivity contribution in [2.75, 3.05) is 13.6 Å². The lowest BCUT2D eigenvalue weighted by Gasteiger charge is -2.17. The summed E-state index contributed by atoms with van der Waals surface area (Å²) in [4.78, 5) is 5.17. The number of sulfonamides is 1. The maximum atomic E-state index is 12.5. The lowest BCUT2D eigenvalue weighted by molar-refractivity contribution is 0.189. The molecule has 35 heavy (non-hydrogen) atoms. The van der Waals surface area contributed by atoms with Crippen LogP contribution in [-0.2, 0) is 14.8 Å². The fraction of sp³-hybridized carbons (Fsp3) is 0.552. The number of unbranched alkanes of at least 4 members (excludes halogenated alkanes) is 7. The van der Waals surface area contributed by atoms with Crippen LogP contribution in [0.4, 0.5) is 0 Å². The molecule has 1 aliphatic rings. The van der Waals surface area contributed by atoms with Crippen LogP contribution in [0.2, 0.25) is 0 Å². The minimum absolute atomic E-state index is 0.0480. The Hall–Kier alpha value is -2.18. The van der Waals surface area contributed by atoms with Crippen LogP contribution in [-0.4, -0.2) is 38.3 Å². The topological polar surface area (TPSA) is 59.0 Å². The predicted octanol–water partition coefficient (Wildman–Crippen LogP) is 7.01. The number of benzene rings is 2. The lowest BCUT2D eigenvalue weighted by Crippen LogP contribution is -2.27. The Morgan fingerprint density at radius 3 is 2.03 bits per heavy atom. The molecule has 0 radical (unpaired) electrons. The van der Waals surface area contributed by atoms with Crippen molar-refractivity contribution in [3.63, 3.8) is 0 Å². The Morgan fingerprint density at radius 2 is 1.40 bits per heavy atom. The van der Waals surface area contributed by atoms with Crippen molar-refractivity contribution in [3.8, 4) is 0 Å². The van der Waals surface area contributed by atoms with Gasteiger partial charge in [0.2, 0.25) is 10.0 Å². The predicted molar refractivity (Wildman–Crippen MR) is 144 cm³/mol. The second-order valence-electron chi connectivity index (χ2n) is 9.81. The zero-order valence-corrected chi connectivity index (χ0v) is 22.4. The third-order valence-electron chi connectivity index (χ3n) is 6.88. The molecular weight excluding hydrogens is 456 g/mol. The van der Waals surface area contributed by atoms with Crippen LogP contribution in [0.5, 0.6) is 0 Å². The molecule has 0 aliphatic carbocycles. The third kappa shape index (κ3) is 8.18. The van der Waals surface area contributed by atoms with E-state index in [0.29, 0.717) is 17.4 Å². The third-order valence-corrected chi connectivity index (χ3v) is 8.75. The smallest absolute Gasteiger partial charge is 0.242 e. The average molecular weight is 499 g/mol. The Labute approximate surface area is 212 Å². The largest absolute Gasteiger partial charge is 0.470 e. The normalized spacial score (nSPS) is 18.9. The molecule has 0 saturated carbocycles. The van der Waals surface area contributed by atoms with Crippen molar-refractivity contribution in [2.45, 2.75) is 88.7 Å². The van der Waals surface area contributed by atoms with Crippen LogP contribution in [0.25, 0.3) is 0 Å². The number of ether oxygens (including phenoxy) is 1. The van der Waals surface area contributed by atoms with E-state index in [4.69, 9.17) is 9.73 Å². The average Bonchev–Trinajstić information content (AvgIpc) is 3.27. The quantitative estimate of drug-likeness (QED) is 0.248. The summed E-state index contributed by atoms with van der Waals surface area (Å²) in [6.45, 7) is 4.94. The van der Waals surface area contributed by atoms with Crippen molar-refractivity contribution in [2.24, 2.45) is 10.9 Å². The highest BCUT2D eigenvalue weighted by molar-refractivity contribution is 7.89. The van der Waals surface area contributed by atoms with E-state index >= 15 is 0 Å². The van der Waals surface area contributed by atoms with Crippen LogP contribution >= 0.6 is 0 Å². The van der Waals surface area contributed by atoms with E-state index < -0.39 is 10.0 Å².